The molecule has 106 valence electrons. The summed E-state index contributed by atoms with van der Waals surface area (Å²) in [6.07, 6.45) is 2.46. The van der Waals surface area contributed by atoms with E-state index in [9.17, 15) is 4.79 Å². The third-order valence-electron chi connectivity index (χ3n) is 3.68. The number of thiazole rings is 1. The Morgan fingerprint density at radius 1 is 1.38 bits per heavy atom. The van der Waals surface area contributed by atoms with Crippen LogP contribution in [-0.4, -0.2) is 21.1 Å². The van der Waals surface area contributed by atoms with Crippen molar-refractivity contribution in [3.63, 3.8) is 0 Å². The van der Waals surface area contributed by atoms with Gasteiger partial charge in [0.1, 0.15) is 0 Å². The first-order chi connectivity index (χ1) is 10.3. The highest BCUT2D eigenvalue weighted by Gasteiger charge is 2.26. The third kappa shape index (κ3) is 2.54. The Bertz CT molecular complexity index is 803. The monoisotopic (exact) mass is 298 g/mol. The number of nitrogens with zero attached hydrogens (tertiary/aromatic N) is 2. The Morgan fingerprint density at radius 2 is 2.29 bits per heavy atom. The molecule has 0 saturated heterocycles. The number of fused-ring (bicyclic) bond motifs is 1. The molecule has 1 aromatic carbocycles. The number of carbonyl (C=O) groups excluding carboxylic acids is 1. The Balaban J connectivity index is 1.44. The van der Waals surface area contributed by atoms with E-state index in [-0.39, 0.29) is 5.91 Å². The number of carbonyl (C=O) groups is 1. The van der Waals surface area contributed by atoms with Gasteiger partial charge in [-0.1, -0.05) is 0 Å². The zero-order valence-electron chi connectivity index (χ0n) is 11.3. The van der Waals surface area contributed by atoms with Gasteiger partial charge in [0, 0.05) is 11.5 Å². The van der Waals surface area contributed by atoms with Crippen molar-refractivity contribution in [2.75, 3.05) is 0 Å². The van der Waals surface area contributed by atoms with Crippen molar-refractivity contribution in [2.24, 2.45) is 0 Å². The van der Waals surface area contributed by atoms with Crippen LogP contribution in [0.4, 0.5) is 0 Å². The number of benzene rings is 1. The highest BCUT2D eigenvalue weighted by Crippen LogP contribution is 2.38. The van der Waals surface area contributed by atoms with Gasteiger partial charge in [0.05, 0.1) is 33.7 Å². The van der Waals surface area contributed by atoms with Crippen LogP contribution in [0.5, 0.6) is 0 Å². The highest BCUT2D eigenvalue weighted by molar-refractivity contribution is 7.16. The maximum atomic E-state index is 12.2. The summed E-state index contributed by atoms with van der Waals surface area (Å²) in [5.74, 6) is 0.548. The maximum Gasteiger partial charge on any atom is 0.251 e. The smallest absolute Gasteiger partial charge is 0.251 e. The molecule has 21 heavy (non-hydrogen) atoms. The first-order valence-corrected chi connectivity index (χ1v) is 7.83. The van der Waals surface area contributed by atoms with Crippen LogP contribution in [0.1, 0.15) is 40.5 Å². The minimum Gasteiger partial charge on any atom is -0.346 e. The van der Waals surface area contributed by atoms with E-state index in [2.05, 4.69) is 20.5 Å². The zero-order chi connectivity index (χ0) is 14.2. The van der Waals surface area contributed by atoms with Crippen LogP contribution in [0.15, 0.2) is 29.8 Å². The van der Waals surface area contributed by atoms with Gasteiger partial charge in [0.2, 0.25) is 0 Å². The van der Waals surface area contributed by atoms with Gasteiger partial charge in [0.25, 0.3) is 5.91 Å². The molecule has 2 N–H and O–H groups in total. The largest absolute Gasteiger partial charge is 0.346 e. The van der Waals surface area contributed by atoms with Gasteiger partial charge < -0.3 is 5.32 Å². The van der Waals surface area contributed by atoms with Gasteiger partial charge in [-0.25, -0.2) is 4.98 Å². The molecule has 1 aliphatic rings. The van der Waals surface area contributed by atoms with Crippen LogP contribution < -0.4 is 5.32 Å². The average molecular weight is 298 g/mol. The number of rotatable bonds is 4. The molecule has 0 bridgehead atoms. The van der Waals surface area contributed by atoms with E-state index in [0.29, 0.717) is 18.0 Å². The van der Waals surface area contributed by atoms with Crippen LogP contribution in [-0.2, 0) is 6.54 Å². The molecule has 1 amide bonds. The second-order valence-corrected chi connectivity index (χ2v) is 6.20. The lowest BCUT2D eigenvalue weighted by Crippen LogP contribution is -2.22. The van der Waals surface area contributed by atoms with Crippen LogP contribution in [0, 0.1) is 0 Å². The van der Waals surface area contributed by atoms with Crippen molar-refractivity contribution < 1.29 is 4.79 Å². The molecule has 2 aromatic heterocycles. The van der Waals surface area contributed by atoms with Crippen molar-refractivity contribution in [3.05, 3.63) is 46.7 Å². The third-order valence-corrected chi connectivity index (χ3v) is 4.47. The van der Waals surface area contributed by atoms with E-state index in [1.54, 1.807) is 11.6 Å². The molecule has 0 spiro atoms. The summed E-state index contributed by atoms with van der Waals surface area (Å²) < 4.78 is 1.03. The van der Waals surface area contributed by atoms with Crippen molar-refractivity contribution in [2.45, 2.75) is 25.3 Å². The Hall–Kier alpha value is -2.21. The van der Waals surface area contributed by atoms with Gasteiger partial charge in [0.15, 0.2) is 0 Å². The number of H-pyrrole nitrogens is 1. The number of hydrogen-bond donors (Lipinski definition) is 2. The molecule has 3 aromatic rings. The second kappa shape index (κ2) is 4.96. The van der Waals surface area contributed by atoms with E-state index in [0.717, 1.165) is 21.6 Å². The average Bonchev–Trinajstić information content (AvgIpc) is 3.07. The molecule has 6 heteroatoms. The lowest BCUT2D eigenvalue weighted by Gasteiger charge is -2.03. The fraction of sp³-hybridized carbons (Fsp3) is 0.267. The predicted molar refractivity (Wildman–Crippen MR) is 81.4 cm³/mol. The summed E-state index contributed by atoms with van der Waals surface area (Å²) in [5.41, 5.74) is 5.44. The molecular formula is C15H14N4OS. The normalized spacial score (nSPS) is 14.5. The van der Waals surface area contributed by atoms with E-state index >= 15 is 0 Å². The Kier molecular flexibility index (Phi) is 2.96. The minimum absolute atomic E-state index is 0.0760. The fourth-order valence-electron chi connectivity index (χ4n) is 2.33. The predicted octanol–water partition coefficient (Wildman–Crippen LogP) is 2.83. The molecule has 0 atom stereocenters. The van der Waals surface area contributed by atoms with Crippen LogP contribution in [0.25, 0.3) is 10.2 Å². The maximum absolute atomic E-state index is 12.2. The molecule has 1 fully saturated rings. The van der Waals surface area contributed by atoms with E-state index in [4.69, 9.17) is 0 Å². The van der Waals surface area contributed by atoms with Gasteiger partial charge in [-0.05, 0) is 37.1 Å². The lowest BCUT2D eigenvalue weighted by atomic mass is 10.2. The lowest BCUT2D eigenvalue weighted by molar-refractivity contribution is 0.0950. The highest BCUT2D eigenvalue weighted by atomic mass is 32.1. The molecule has 4 rings (SSSR count). The van der Waals surface area contributed by atoms with Crippen molar-refractivity contribution in [1.29, 1.82) is 0 Å². The van der Waals surface area contributed by atoms with E-state index < -0.39 is 0 Å². The van der Waals surface area contributed by atoms with Crippen molar-refractivity contribution >= 4 is 27.5 Å². The molecule has 0 unspecified atom stereocenters. The number of aromatic amines is 1. The number of hydrogen-bond acceptors (Lipinski definition) is 4. The SMILES string of the molecule is O=C(NCc1cc(C2CC2)n[nH]1)c1ccc2ncsc2c1. The molecule has 0 radical (unpaired) electrons. The number of amides is 1. The summed E-state index contributed by atoms with van der Waals surface area (Å²) in [4.78, 5) is 16.4. The summed E-state index contributed by atoms with van der Waals surface area (Å²) in [5, 5.41) is 10.2. The zero-order valence-corrected chi connectivity index (χ0v) is 12.1. The van der Waals surface area contributed by atoms with E-state index in [1.807, 2.05) is 18.2 Å². The molecular weight excluding hydrogens is 284 g/mol. The summed E-state index contributed by atoms with van der Waals surface area (Å²) in [7, 11) is 0. The standard InChI is InChI=1S/C15H14N4OS/c20-15(10-3-4-12-14(5-10)21-8-17-12)16-7-11-6-13(19-18-11)9-1-2-9/h3-6,8-9H,1-2,7H2,(H,16,20)(H,18,19). The quantitative estimate of drug-likeness (QED) is 0.778. The summed E-state index contributed by atoms with van der Waals surface area (Å²) in [6, 6.07) is 7.61. The molecule has 1 aliphatic carbocycles. The number of nitrogens with one attached hydrogen (secondary N) is 2. The molecule has 1 saturated carbocycles. The summed E-state index contributed by atoms with van der Waals surface area (Å²) in [6.45, 7) is 0.472. The van der Waals surface area contributed by atoms with Crippen molar-refractivity contribution in [3.8, 4) is 0 Å². The van der Waals surface area contributed by atoms with Gasteiger partial charge in [-0.3, -0.25) is 9.89 Å². The van der Waals surface area contributed by atoms with Crippen molar-refractivity contribution in [1.82, 2.24) is 20.5 Å². The molecule has 5 nitrogen and oxygen atoms in total. The second-order valence-electron chi connectivity index (χ2n) is 5.31. The minimum atomic E-state index is -0.0760. The van der Waals surface area contributed by atoms with Gasteiger partial charge >= 0.3 is 0 Å². The Morgan fingerprint density at radius 3 is 3.14 bits per heavy atom. The van der Waals surface area contributed by atoms with E-state index in [1.165, 1.54) is 24.2 Å². The van der Waals surface area contributed by atoms with Crippen LogP contribution >= 0.6 is 11.3 Å². The topological polar surface area (TPSA) is 70.7 Å². The van der Waals surface area contributed by atoms with Gasteiger partial charge in [-0.15, -0.1) is 11.3 Å². The molecule has 2 heterocycles. The first kappa shape index (κ1) is 12.5. The Labute approximate surface area is 125 Å². The fourth-order valence-corrected chi connectivity index (χ4v) is 3.05. The molecule has 0 aliphatic heterocycles. The number of aromatic nitrogens is 3. The summed E-state index contributed by atoms with van der Waals surface area (Å²) >= 11 is 1.54. The van der Waals surface area contributed by atoms with Crippen LogP contribution in [0.3, 0.4) is 0 Å². The van der Waals surface area contributed by atoms with Crippen LogP contribution in [0.2, 0.25) is 0 Å². The van der Waals surface area contributed by atoms with Gasteiger partial charge in [-0.2, -0.15) is 5.10 Å². The first-order valence-electron chi connectivity index (χ1n) is 6.95.